The number of amides is 1. The van der Waals surface area contributed by atoms with Crippen LogP contribution in [0, 0.1) is 5.82 Å². The Bertz CT molecular complexity index is 1090. The van der Waals surface area contributed by atoms with Crippen LogP contribution in [0.4, 0.5) is 9.52 Å². The summed E-state index contributed by atoms with van der Waals surface area (Å²) >= 11 is 1.16. The molecule has 0 atom stereocenters. The molecule has 0 fully saturated rings. The normalized spacial score (nSPS) is 11.4. The van der Waals surface area contributed by atoms with E-state index in [0.717, 1.165) is 11.3 Å². The van der Waals surface area contributed by atoms with E-state index >= 15 is 0 Å². The molecule has 10 heteroatoms. The second-order valence-electron chi connectivity index (χ2n) is 6.50. The van der Waals surface area contributed by atoms with Gasteiger partial charge in [-0.2, -0.15) is 0 Å². The first-order valence-corrected chi connectivity index (χ1v) is 11.0. The Labute approximate surface area is 179 Å². The molecule has 2 aromatic carbocycles. The fraction of sp³-hybridized carbons (Fsp3) is 0.263. The minimum Gasteiger partial charge on any atom is -0.308 e. The van der Waals surface area contributed by atoms with Crippen LogP contribution >= 0.6 is 23.7 Å². The molecule has 0 aliphatic carbocycles. The molecule has 0 spiro atoms. The lowest BCUT2D eigenvalue weighted by Crippen LogP contribution is -2.40. The van der Waals surface area contributed by atoms with E-state index in [1.54, 1.807) is 30.3 Å². The van der Waals surface area contributed by atoms with Crippen LogP contribution in [0.3, 0.4) is 0 Å². The number of carbonyl (C=O) groups is 1. The Morgan fingerprint density at radius 1 is 1.07 bits per heavy atom. The van der Waals surface area contributed by atoms with Crippen molar-refractivity contribution in [3.63, 3.8) is 0 Å². The van der Waals surface area contributed by atoms with Crippen molar-refractivity contribution in [2.75, 3.05) is 37.8 Å². The predicted molar refractivity (Wildman–Crippen MR) is 116 cm³/mol. The Hall–Kier alpha value is -2.07. The van der Waals surface area contributed by atoms with E-state index in [0.29, 0.717) is 11.2 Å². The van der Waals surface area contributed by atoms with Gasteiger partial charge in [0.1, 0.15) is 17.1 Å². The van der Waals surface area contributed by atoms with E-state index in [-0.39, 0.29) is 34.5 Å². The van der Waals surface area contributed by atoms with Crippen molar-refractivity contribution in [1.29, 1.82) is 0 Å². The highest BCUT2D eigenvalue weighted by molar-refractivity contribution is 7.92. The van der Waals surface area contributed by atoms with Crippen molar-refractivity contribution in [2.45, 2.75) is 4.90 Å². The third-order valence-corrected chi connectivity index (χ3v) is 6.74. The van der Waals surface area contributed by atoms with Gasteiger partial charge in [-0.25, -0.2) is 17.8 Å². The van der Waals surface area contributed by atoms with Crippen LogP contribution in [0.15, 0.2) is 53.4 Å². The highest BCUT2D eigenvalue weighted by Gasteiger charge is 2.26. The number of aromatic nitrogens is 1. The molecular formula is C19H21ClFN3O3S2. The lowest BCUT2D eigenvalue weighted by atomic mass is 10.3. The summed E-state index contributed by atoms with van der Waals surface area (Å²) in [5, 5.41) is 0.287. The number of hydrogen-bond acceptors (Lipinski definition) is 6. The summed E-state index contributed by atoms with van der Waals surface area (Å²) in [5.74, 6) is -1.75. The van der Waals surface area contributed by atoms with Gasteiger partial charge in [-0.1, -0.05) is 35.6 Å². The van der Waals surface area contributed by atoms with E-state index in [1.807, 2.05) is 19.0 Å². The van der Waals surface area contributed by atoms with Crippen LogP contribution < -0.4 is 4.90 Å². The molecule has 1 amide bonds. The molecule has 29 heavy (non-hydrogen) atoms. The minimum absolute atomic E-state index is 0. The van der Waals surface area contributed by atoms with Gasteiger partial charge in [-0.3, -0.25) is 9.69 Å². The molecule has 0 aliphatic heterocycles. The Kier molecular flexibility index (Phi) is 7.70. The summed E-state index contributed by atoms with van der Waals surface area (Å²) < 4.78 is 39.8. The monoisotopic (exact) mass is 457 g/mol. The number of hydrogen-bond donors (Lipinski definition) is 0. The maximum absolute atomic E-state index is 14.0. The van der Waals surface area contributed by atoms with Crippen molar-refractivity contribution in [1.82, 2.24) is 9.88 Å². The van der Waals surface area contributed by atoms with Crippen molar-refractivity contribution in [2.24, 2.45) is 0 Å². The van der Waals surface area contributed by atoms with Gasteiger partial charge in [0.2, 0.25) is 5.91 Å². The van der Waals surface area contributed by atoms with Gasteiger partial charge < -0.3 is 4.90 Å². The van der Waals surface area contributed by atoms with E-state index < -0.39 is 27.3 Å². The van der Waals surface area contributed by atoms with Crippen LogP contribution in [-0.4, -0.2) is 57.1 Å². The molecule has 0 unspecified atom stereocenters. The molecule has 6 nitrogen and oxygen atoms in total. The van der Waals surface area contributed by atoms with Gasteiger partial charge >= 0.3 is 0 Å². The zero-order valence-corrected chi connectivity index (χ0v) is 18.4. The second-order valence-corrected chi connectivity index (χ2v) is 9.50. The highest BCUT2D eigenvalue weighted by atomic mass is 35.5. The summed E-state index contributed by atoms with van der Waals surface area (Å²) in [5.41, 5.74) is 0.177. The molecule has 0 saturated heterocycles. The first kappa shape index (κ1) is 23.2. The standard InChI is InChI=1S/C19H20FN3O3S2.ClH/c1-22(2)11-12-23(19-21-18-15(20)9-6-10-16(18)27-19)17(24)13-28(25,26)14-7-4-3-5-8-14;/h3-10H,11-13H2,1-2H3;1H. The average molecular weight is 458 g/mol. The van der Waals surface area contributed by atoms with Crippen molar-refractivity contribution in [3.8, 4) is 0 Å². The number of halogens is 2. The SMILES string of the molecule is CN(C)CCN(C(=O)CS(=O)(=O)c1ccccc1)c1nc2c(F)cccc2s1.Cl. The topological polar surface area (TPSA) is 70.6 Å². The smallest absolute Gasteiger partial charge is 0.244 e. The zero-order valence-electron chi connectivity index (χ0n) is 15.9. The number of para-hydroxylation sites is 1. The third kappa shape index (κ3) is 5.51. The molecule has 1 aromatic heterocycles. The zero-order chi connectivity index (χ0) is 20.3. The molecule has 1 heterocycles. The largest absolute Gasteiger partial charge is 0.308 e. The third-order valence-electron chi connectivity index (χ3n) is 4.08. The first-order chi connectivity index (χ1) is 13.3. The van der Waals surface area contributed by atoms with Crippen molar-refractivity contribution in [3.05, 3.63) is 54.3 Å². The summed E-state index contributed by atoms with van der Waals surface area (Å²) in [7, 11) is -0.0942. The summed E-state index contributed by atoms with van der Waals surface area (Å²) in [6.07, 6.45) is 0. The Morgan fingerprint density at radius 2 is 1.76 bits per heavy atom. The predicted octanol–water partition coefficient (Wildman–Crippen LogP) is 3.23. The van der Waals surface area contributed by atoms with E-state index in [1.165, 1.54) is 23.1 Å². The van der Waals surface area contributed by atoms with Gasteiger partial charge in [0.15, 0.2) is 15.0 Å². The van der Waals surface area contributed by atoms with Gasteiger partial charge in [-0.15, -0.1) is 12.4 Å². The fourth-order valence-corrected chi connectivity index (χ4v) is 4.84. The second kappa shape index (κ2) is 9.62. The lowest BCUT2D eigenvalue weighted by Gasteiger charge is -2.22. The van der Waals surface area contributed by atoms with Crippen LogP contribution in [0.25, 0.3) is 10.2 Å². The van der Waals surface area contributed by atoms with Gasteiger partial charge in [0.05, 0.1) is 9.60 Å². The average Bonchev–Trinajstić information content (AvgIpc) is 3.07. The van der Waals surface area contributed by atoms with Gasteiger partial charge in [0, 0.05) is 13.1 Å². The van der Waals surface area contributed by atoms with Crippen LogP contribution in [0.1, 0.15) is 0 Å². The van der Waals surface area contributed by atoms with E-state index in [2.05, 4.69) is 4.98 Å². The molecular weight excluding hydrogens is 437 g/mol. The molecule has 0 bridgehead atoms. The number of sulfone groups is 1. The highest BCUT2D eigenvalue weighted by Crippen LogP contribution is 2.30. The number of fused-ring (bicyclic) bond motifs is 1. The van der Waals surface area contributed by atoms with Gasteiger partial charge in [-0.05, 0) is 38.4 Å². The molecule has 156 valence electrons. The number of likely N-dealkylation sites (N-methyl/N-ethyl adjacent to an activating group) is 1. The molecule has 0 aliphatic rings. The fourth-order valence-electron chi connectivity index (χ4n) is 2.60. The maximum Gasteiger partial charge on any atom is 0.244 e. The number of rotatable bonds is 7. The van der Waals surface area contributed by atoms with Gasteiger partial charge in [0.25, 0.3) is 0 Å². The van der Waals surface area contributed by atoms with Crippen molar-refractivity contribution < 1.29 is 17.6 Å². The van der Waals surface area contributed by atoms with Crippen LogP contribution in [0.5, 0.6) is 0 Å². The molecule has 0 N–H and O–H groups in total. The summed E-state index contributed by atoms with van der Waals surface area (Å²) in [6, 6.07) is 12.4. The number of nitrogens with zero attached hydrogens (tertiary/aromatic N) is 3. The molecule has 3 rings (SSSR count). The maximum atomic E-state index is 14.0. The summed E-state index contributed by atoms with van der Waals surface area (Å²) in [4.78, 5) is 20.4. The quantitative estimate of drug-likeness (QED) is 0.544. The van der Waals surface area contributed by atoms with Crippen LogP contribution in [0.2, 0.25) is 0 Å². The van der Waals surface area contributed by atoms with Crippen molar-refractivity contribution >= 4 is 54.8 Å². The number of thiazole rings is 1. The lowest BCUT2D eigenvalue weighted by molar-refractivity contribution is -0.116. The Morgan fingerprint density at radius 3 is 2.38 bits per heavy atom. The number of benzene rings is 2. The van der Waals surface area contributed by atoms with E-state index in [9.17, 15) is 17.6 Å². The first-order valence-electron chi connectivity index (χ1n) is 8.56. The minimum atomic E-state index is -3.79. The molecule has 0 radical (unpaired) electrons. The molecule has 0 saturated carbocycles. The van der Waals surface area contributed by atoms with E-state index in [4.69, 9.17) is 0 Å². The number of carbonyl (C=O) groups excluding carboxylic acids is 1. The molecule has 3 aromatic rings. The Balaban J connectivity index is 0.00000300. The summed E-state index contributed by atoms with van der Waals surface area (Å²) in [6.45, 7) is 0.757. The number of anilines is 1. The van der Waals surface area contributed by atoms with Crippen LogP contribution in [-0.2, 0) is 14.6 Å².